The van der Waals surface area contributed by atoms with E-state index in [0.717, 1.165) is 13.2 Å². The maximum atomic E-state index is 5.34. The summed E-state index contributed by atoms with van der Waals surface area (Å²) in [6, 6.07) is 0. The molecular weight excluding hydrogens is 155 g/mol. The fraction of sp³-hybridized carbons (Fsp3) is 1.00. The summed E-state index contributed by atoms with van der Waals surface area (Å²) >= 11 is -0.629. The molecule has 0 N–H and O–H groups in total. The minimum atomic E-state index is -0.629. The molecule has 0 unspecified atom stereocenters. The van der Waals surface area contributed by atoms with Crippen molar-refractivity contribution in [2.45, 2.75) is 39.5 Å². The van der Waals surface area contributed by atoms with Gasteiger partial charge in [0.25, 0.3) is 0 Å². The van der Waals surface area contributed by atoms with Crippen molar-refractivity contribution in [1.82, 2.24) is 0 Å². The van der Waals surface area contributed by atoms with Gasteiger partial charge in [0.2, 0.25) is 0 Å². The van der Waals surface area contributed by atoms with Crippen LogP contribution in [0.5, 0.6) is 0 Å². The number of hydrogen-bond donors (Lipinski definition) is 0. The summed E-state index contributed by atoms with van der Waals surface area (Å²) in [6.45, 7) is 6.13. The van der Waals surface area contributed by atoms with E-state index >= 15 is 0 Å². The van der Waals surface area contributed by atoms with Crippen LogP contribution in [0.2, 0.25) is 0 Å². The SMILES string of the molecule is CCCC[O][AlH][O]CCCC. The summed E-state index contributed by atoms with van der Waals surface area (Å²) in [5.41, 5.74) is 0. The van der Waals surface area contributed by atoms with E-state index in [1.54, 1.807) is 0 Å². The van der Waals surface area contributed by atoms with Crippen LogP contribution < -0.4 is 0 Å². The van der Waals surface area contributed by atoms with E-state index in [0.29, 0.717) is 0 Å². The van der Waals surface area contributed by atoms with E-state index in [4.69, 9.17) is 7.58 Å². The van der Waals surface area contributed by atoms with Gasteiger partial charge in [0.1, 0.15) is 0 Å². The van der Waals surface area contributed by atoms with Crippen molar-refractivity contribution in [2.75, 3.05) is 13.2 Å². The topological polar surface area (TPSA) is 18.5 Å². The van der Waals surface area contributed by atoms with Crippen molar-refractivity contribution in [3.05, 3.63) is 0 Å². The lowest BCUT2D eigenvalue weighted by Gasteiger charge is -2.02. The van der Waals surface area contributed by atoms with Crippen LogP contribution in [0.15, 0.2) is 0 Å². The maximum absolute atomic E-state index is 5.34. The molecule has 0 aromatic rings. The number of hydrogen-bond acceptors (Lipinski definition) is 2. The Balaban J connectivity index is 2.69. The van der Waals surface area contributed by atoms with Gasteiger partial charge >= 0.3 is 15.9 Å². The van der Waals surface area contributed by atoms with Crippen molar-refractivity contribution < 1.29 is 7.58 Å². The zero-order valence-corrected chi connectivity index (χ0v) is 9.18. The zero-order chi connectivity index (χ0) is 8.36. The molecule has 0 radical (unpaired) electrons. The first kappa shape index (κ1) is 11.5. The molecule has 66 valence electrons. The summed E-state index contributed by atoms with van der Waals surface area (Å²) in [5.74, 6) is 0. The largest absolute Gasteiger partial charge is 0.649 e. The zero-order valence-electron chi connectivity index (χ0n) is 7.77. The second kappa shape index (κ2) is 10.5. The average molecular weight is 174 g/mol. The smallest absolute Gasteiger partial charge is 0.481 e. The Hall–Kier alpha value is 0.452. The van der Waals surface area contributed by atoms with E-state index in [1.165, 1.54) is 25.7 Å². The molecule has 0 aliphatic heterocycles. The third-order valence-corrected chi connectivity index (χ3v) is 2.36. The molecule has 0 heterocycles. The van der Waals surface area contributed by atoms with Gasteiger partial charge in [0.05, 0.1) is 0 Å². The van der Waals surface area contributed by atoms with Gasteiger partial charge in [-0.3, -0.25) is 0 Å². The second-order valence-electron chi connectivity index (χ2n) is 2.64. The summed E-state index contributed by atoms with van der Waals surface area (Å²) in [6.07, 6.45) is 4.76. The monoisotopic (exact) mass is 174 g/mol. The highest BCUT2D eigenvalue weighted by atomic mass is 27.2. The lowest BCUT2D eigenvalue weighted by molar-refractivity contribution is 0.216. The van der Waals surface area contributed by atoms with Gasteiger partial charge in [-0.25, -0.2) is 0 Å². The van der Waals surface area contributed by atoms with Gasteiger partial charge < -0.3 is 7.58 Å². The molecule has 0 aliphatic rings. The molecule has 3 heteroatoms. The fourth-order valence-electron chi connectivity index (χ4n) is 0.670. The molecule has 0 bridgehead atoms. The lowest BCUT2D eigenvalue weighted by Crippen LogP contribution is -2.06. The number of unbranched alkanes of at least 4 members (excludes halogenated alkanes) is 2. The van der Waals surface area contributed by atoms with Crippen molar-refractivity contribution in [2.24, 2.45) is 0 Å². The molecule has 0 atom stereocenters. The molecule has 2 nitrogen and oxygen atoms in total. The van der Waals surface area contributed by atoms with Crippen LogP contribution in [0.4, 0.5) is 0 Å². The minimum Gasteiger partial charge on any atom is -0.481 e. The van der Waals surface area contributed by atoms with Gasteiger partial charge in [-0.2, -0.15) is 0 Å². The molecule has 0 saturated carbocycles. The van der Waals surface area contributed by atoms with Gasteiger partial charge in [0.15, 0.2) is 0 Å². The summed E-state index contributed by atoms with van der Waals surface area (Å²) in [7, 11) is 0. The molecule has 11 heavy (non-hydrogen) atoms. The van der Waals surface area contributed by atoms with Crippen LogP contribution in [0, 0.1) is 0 Å². The first-order chi connectivity index (χ1) is 5.41. The van der Waals surface area contributed by atoms with Gasteiger partial charge in [0, 0.05) is 13.2 Å². The third kappa shape index (κ3) is 10.5. The van der Waals surface area contributed by atoms with Crippen molar-refractivity contribution in [3.8, 4) is 0 Å². The van der Waals surface area contributed by atoms with E-state index in [1.807, 2.05) is 0 Å². The Morgan fingerprint density at radius 3 is 1.73 bits per heavy atom. The van der Waals surface area contributed by atoms with Gasteiger partial charge in [-0.1, -0.05) is 26.7 Å². The summed E-state index contributed by atoms with van der Waals surface area (Å²) in [4.78, 5) is 0. The van der Waals surface area contributed by atoms with Crippen molar-refractivity contribution in [1.29, 1.82) is 0 Å². The van der Waals surface area contributed by atoms with E-state index in [9.17, 15) is 0 Å². The van der Waals surface area contributed by atoms with Gasteiger partial charge in [-0.15, -0.1) is 0 Å². The quantitative estimate of drug-likeness (QED) is 0.413. The van der Waals surface area contributed by atoms with Crippen molar-refractivity contribution >= 4 is 15.9 Å². The first-order valence-corrected chi connectivity index (χ1v) is 5.72. The molecule has 0 spiro atoms. The van der Waals surface area contributed by atoms with Gasteiger partial charge in [-0.05, 0) is 12.8 Å². The Morgan fingerprint density at radius 2 is 1.36 bits per heavy atom. The Kier molecular flexibility index (Phi) is 10.9. The fourth-order valence-corrected chi connectivity index (χ4v) is 1.43. The Labute approximate surface area is 76.7 Å². The molecule has 0 aliphatic carbocycles. The Morgan fingerprint density at radius 1 is 0.909 bits per heavy atom. The highest BCUT2D eigenvalue weighted by molar-refractivity contribution is 6.17. The van der Waals surface area contributed by atoms with Crippen LogP contribution in [0.25, 0.3) is 0 Å². The molecule has 0 fully saturated rings. The van der Waals surface area contributed by atoms with E-state index < -0.39 is 15.9 Å². The normalized spacial score (nSPS) is 10.0. The van der Waals surface area contributed by atoms with Crippen LogP contribution in [0.3, 0.4) is 0 Å². The molecule has 0 aromatic heterocycles. The molecule has 0 saturated heterocycles. The molecule has 0 rings (SSSR count). The second-order valence-corrected chi connectivity index (χ2v) is 3.69. The number of rotatable bonds is 8. The summed E-state index contributed by atoms with van der Waals surface area (Å²) < 4.78 is 10.7. The van der Waals surface area contributed by atoms with Crippen LogP contribution in [-0.2, 0) is 7.58 Å². The van der Waals surface area contributed by atoms with E-state index in [-0.39, 0.29) is 0 Å². The molecule has 0 amide bonds. The highest BCUT2D eigenvalue weighted by Gasteiger charge is 1.94. The molecule has 0 aromatic carbocycles. The standard InChI is InChI=1S/2C4H9O.Al.H/c2*1-2-3-4-5;;/h2*2-4H2,1H3;;/q2*-1;+2;. The average Bonchev–Trinajstić information content (AvgIpc) is 2.03. The third-order valence-electron chi connectivity index (χ3n) is 1.45. The first-order valence-electron chi connectivity index (χ1n) is 4.57. The minimum absolute atomic E-state index is 0.629. The summed E-state index contributed by atoms with van der Waals surface area (Å²) in [5, 5.41) is 0. The highest BCUT2D eigenvalue weighted by Crippen LogP contribution is 1.89. The molecular formula is C8H19AlO2. The van der Waals surface area contributed by atoms with E-state index in [2.05, 4.69) is 13.8 Å². The Bertz CT molecular complexity index is 61.1. The van der Waals surface area contributed by atoms with Crippen LogP contribution in [0.1, 0.15) is 39.5 Å². The van der Waals surface area contributed by atoms with Crippen LogP contribution in [-0.4, -0.2) is 29.1 Å². The lowest BCUT2D eigenvalue weighted by atomic mass is 10.4. The predicted octanol–water partition coefficient (Wildman–Crippen LogP) is 1.89. The predicted molar refractivity (Wildman–Crippen MR) is 48.9 cm³/mol. The maximum Gasteiger partial charge on any atom is 0.649 e. The van der Waals surface area contributed by atoms with Crippen molar-refractivity contribution in [3.63, 3.8) is 0 Å². The van der Waals surface area contributed by atoms with Crippen LogP contribution >= 0.6 is 0 Å².